The molecular weight excluding hydrogens is 278 g/mol. The average Bonchev–Trinajstić information content (AvgIpc) is 2.46. The van der Waals surface area contributed by atoms with Crippen LogP contribution in [0.3, 0.4) is 0 Å². The quantitative estimate of drug-likeness (QED) is 0.654. The van der Waals surface area contributed by atoms with Crippen LogP contribution < -0.4 is 11.1 Å². The molecule has 0 saturated carbocycles. The van der Waals surface area contributed by atoms with E-state index >= 15 is 0 Å². The molecule has 0 atom stereocenters. The van der Waals surface area contributed by atoms with Gasteiger partial charge in [-0.05, 0) is 17.2 Å². The molecule has 0 saturated heterocycles. The maximum atomic E-state index is 11.0. The molecule has 20 heavy (non-hydrogen) atoms. The van der Waals surface area contributed by atoms with Crippen LogP contribution in [0.15, 0.2) is 42.5 Å². The molecule has 0 aliphatic carbocycles. The van der Waals surface area contributed by atoms with Crippen molar-refractivity contribution in [3.05, 3.63) is 68.7 Å². The lowest BCUT2D eigenvalue weighted by Gasteiger charge is -2.11. The summed E-state index contributed by atoms with van der Waals surface area (Å²) in [6.45, 7) is 0.848. The number of nitro benzene ring substituents is 1. The summed E-state index contributed by atoms with van der Waals surface area (Å²) in [6.07, 6.45) is 0. The Bertz CT molecular complexity index is 632. The molecule has 0 fully saturated rings. The van der Waals surface area contributed by atoms with Gasteiger partial charge in [0.05, 0.1) is 9.95 Å². The van der Waals surface area contributed by atoms with Gasteiger partial charge in [-0.1, -0.05) is 41.9 Å². The Labute approximate surface area is 121 Å². The molecule has 104 valence electrons. The largest absolute Gasteiger partial charge is 0.374 e. The van der Waals surface area contributed by atoms with Crippen LogP contribution in [0.2, 0.25) is 5.02 Å². The van der Waals surface area contributed by atoms with E-state index in [1.165, 1.54) is 6.07 Å². The fourth-order valence-electron chi connectivity index (χ4n) is 1.95. The normalized spacial score (nSPS) is 10.3. The summed E-state index contributed by atoms with van der Waals surface area (Å²) >= 11 is 6.02. The topological polar surface area (TPSA) is 81.2 Å². The summed E-state index contributed by atoms with van der Waals surface area (Å²) in [4.78, 5) is 10.5. The van der Waals surface area contributed by atoms with Gasteiger partial charge in [-0.15, -0.1) is 0 Å². The first-order valence-electron chi connectivity index (χ1n) is 6.07. The fraction of sp³-hybridized carbons (Fsp3) is 0.143. The number of rotatable bonds is 5. The van der Waals surface area contributed by atoms with E-state index in [1.54, 1.807) is 12.1 Å². The van der Waals surface area contributed by atoms with Crippen molar-refractivity contribution in [1.82, 2.24) is 0 Å². The number of nitrogens with one attached hydrogen (secondary N) is 1. The van der Waals surface area contributed by atoms with Gasteiger partial charge in [0, 0.05) is 19.2 Å². The molecule has 0 bridgehead atoms. The Morgan fingerprint density at radius 2 is 1.85 bits per heavy atom. The highest BCUT2D eigenvalue weighted by atomic mass is 35.5. The predicted octanol–water partition coefficient (Wildman–Crippen LogP) is 3.32. The van der Waals surface area contributed by atoms with E-state index in [4.69, 9.17) is 17.3 Å². The second-order valence-electron chi connectivity index (χ2n) is 4.22. The van der Waals surface area contributed by atoms with Crippen LogP contribution in [-0.2, 0) is 13.1 Å². The Balaban J connectivity index is 2.25. The Morgan fingerprint density at radius 3 is 2.50 bits per heavy atom. The molecule has 6 heteroatoms. The monoisotopic (exact) mass is 291 g/mol. The Morgan fingerprint density at radius 1 is 1.15 bits per heavy atom. The number of halogens is 1. The number of nitrogens with two attached hydrogens (primary N) is 1. The molecule has 0 amide bonds. The van der Waals surface area contributed by atoms with Gasteiger partial charge in [-0.2, -0.15) is 0 Å². The first-order chi connectivity index (χ1) is 9.63. The Kier molecular flexibility index (Phi) is 4.55. The zero-order valence-corrected chi connectivity index (χ0v) is 11.4. The van der Waals surface area contributed by atoms with Crippen molar-refractivity contribution in [2.24, 2.45) is 5.73 Å². The number of benzene rings is 2. The second kappa shape index (κ2) is 6.36. The predicted molar refractivity (Wildman–Crippen MR) is 79.8 cm³/mol. The van der Waals surface area contributed by atoms with Crippen LogP contribution in [0.25, 0.3) is 0 Å². The van der Waals surface area contributed by atoms with Crippen LogP contribution in [0.1, 0.15) is 11.1 Å². The minimum Gasteiger partial charge on any atom is -0.374 e. The van der Waals surface area contributed by atoms with Crippen molar-refractivity contribution in [2.75, 3.05) is 5.32 Å². The third-order valence-electron chi connectivity index (χ3n) is 2.98. The first-order valence-corrected chi connectivity index (χ1v) is 6.45. The molecular formula is C14H14ClN3O2. The number of nitro groups is 1. The Hall–Kier alpha value is -2.11. The molecule has 0 radical (unpaired) electrons. The van der Waals surface area contributed by atoms with Gasteiger partial charge in [-0.25, -0.2) is 0 Å². The maximum Gasteiger partial charge on any atom is 0.293 e. The van der Waals surface area contributed by atoms with Gasteiger partial charge in [0.25, 0.3) is 5.69 Å². The van der Waals surface area contributed by atoms with Crippen LogP contribution in [0.4, 0.5) is 11.4 Å². The summed E-state index contributed by atoms with van der Waals surface area (Å²) in [7, 11) is 0. The fourth-order valence-corrected chi connectivity index (χ4v) is 2.19. The van der Waals surface area contributed by atoms with Crippen molar-refractivity contribution in [1.29, 1.82) is 0 Å². The van der Waals surface area contributed by atoms with Crippen molar-refractivity contribution in [3.63, 3.8) is 0 Å². The SMILES string of the molecule is NCc1ccccc1CNc1c(Cl)cccc1[N+](=O)[O-]. The summed E-state index contributed by atoms with van der Waals surface area (Å²) in [6, 6.07) is 12.3. The van der Waals surface area contributed by atoms with Gasteiger partial charge in [0.2, 0.25) is 0 Å². The van der Waals surface area contributed by atoms with E-state index in [1.807, 2.05) is 24.3 Å². The summed E-state index contributed by atoms with van der Waals surface area (Å²) in [5.41, 5.74) is 7.94. The van der Waals surface area contributed by atoms with E-state index in [-0.39, 0.29) is 5.69 Å². The average molecular weight is 292 g/mol. The lowest BCUT2D eigenvalue weighted by molar-refractivity contribution is -0.383. The highest BCUT2D eigenvalue weighted by Crippen LogP contribution is 2.32. The molecule has 3 N–H and O–H groups in total. The molecule has 0 aliphatic heterocycles. The van der Waals surface area contributed by atoms with Gasteiger partial charge in [0.1, 0.15) is 5.69 Å². The molecule has 0 aromatic heterocycles. The molecule has 0 aliphatic rings. The molecule has 0 unspecified atom stereocenters. The molecule has 5 nitrogen and oxygen atoms in total. The second-order valence-corrected chi connectivity index (χ2v) is 4.62. The molecule has 2 rings (SSSR count). The van der Waals surface area contributed by atoms with Gasteiger partial charge in [-0.3, -0.25) is 10.1 Å². The highest BCUT2D eigenvalue weighted by Gasteiger charge is 2.16. The van der Waals surface area contributed by atoms with Crippen molar-refractivity contribution in [2.45, 2.75) is 13.1 Å². The minimum absolute atomic E-state index is 0.0391. The lowest BCUT2D eigenvalue weighted by Crippen LogP contribution is -2.07. The minimum atomic E-state index is -0.455. The van der Waals surface area contributed by atoms with Gasteiger partial charge >= 0.3 is 0 Å². The number of para-hydroxylation sites is 1. The van der Waals surface area contributed by atoms with E-state index in [0.29, 0.717) is 23.8 Å². The third-order valence-corrected chi connectivity index (χ3v) is 3.30. The summed E-state index contributed by atoms with van der Waals surface area (Å²) in [5.74, 6) is 0. The summed E-state index contributed by atoms with van der Waals surface area (Å²) in [5, 5.41) is 14.3. The standard InChI is InChI=1S/C14H14ClN3O2/c15-12-6-3-7-13(18(19)20)14(12)17-9-11-5-2-1-4-10(11)8-16/h1-7,17H,8-9,16H2. The maximum absolute atomic E-state index is 11.0. The molecule has 2 aromatic rings. The van der Waals surface area contributed by atoms with Gasteiger partial charge in [0.15, 0.2) is 0 Å². The third kappa shape index (κ3) is 3.07. The van der Waals surface area contributed by atoms with Crippen LogP contribution >= 0.6 is 11.6 Å². The first kappa shape index (κ1) is 14.3. The van der Waals surface area contributed by atoms with Crippen LogP contribution in [0.5, 0.6) is 0 Å². The van der Waals surface area contributed by atoms with Crippen LogP contribution in [0, 0.1) is 10.1 Å². The highest BCUT2D eigenvalue weighted by molar-refractivity contribution is 6.33. The lowest BCUT2D eigenvalue weighted by atomic mass is 10.1. The number of hydrogen-bond donors (Lipinski definition) is 2. The zero-order chi connectivity index (χ0) is 14.5. The number of hydrogen-bond acceptors (Lipinski definition) is 4. The van der Waals surface area contributed by atoms with E-state index in [0.717, 1.165) is 11.1 Å². The molecule has 0 heterocycles. The molecule has 2 aromatic carbocycles. The van der Waals surface area contributed by atoms with Crippen LogP contribution in [-0.4, -0.2) is 4.92 Å². The van der Waals surface area contributed by atoms with Gasteiger partial charge < -0.3 is 11.1 Å². The number of anilines is 1. The van der Waals surface area contributed by atoms with E-state index in [2.05, 4.69) is 5.32 Å². The molecule has 0 spiro atoms. The van der Waals surface area contributed by atoms with Crippen molar-refractivity contribution < 1.29 is 4.92 Å². The van der Waals surface area contributed by atoms with Crippen molar-refractivity contribution in [3.8, 4) is 0 Å². The number of nitrogens with zero attached hydrogens (tertiary/aromatic N) is 1. The van der Waals surface area contributed by atoms with Crippen molar-refractivity contribution >= 4 is 23.0 Å². The smallest absolute Gasteiger partial charge is 0.293 e. The summed E-state index contributed by atoms with van der Waals surface area (Å²) < 4.78 is 0. The van der Waals surface area contributed by atoms with E-state index < -0.39 is 4.92 Å². The zero-order valence-electron chi connectivity index (χ0n) is 10.7. The van der Waals surface area contributed by atoms with E-state index in [9.17, 15) is 10.1 Å².